The van der Waals surface area contributed by atoms with Crippen molar-refractivity contribution < 1.29 is 32.8 Å². The number of piperidine rings is 1. The summed E-state index contributed by atoms with van der Waals surface area (Å²) in [4.78, 5) is 69.4. The van der Waals surface area contributed by atoms with Gasteiger partial charge in [-0.15, -0.1) is 0 Å². The number of carbonyl (C=O) groups excluding carboxylic acids is 5. The number of aryl methyl sites for hydroxylation is 1. The lowest BCUT2D eigenvalue weighted by Crippen LogP contribution is -2.38. The van der Waals surface area contributed by atoms with Gasteiger partial charge in [-0.2, -0.15) is 0 Å². The number of amides is 3. The lowest BCUT2D eigenvalue weighted by molar-refractivity contribution is -0.133. The number of benzene rings is 2. The Kier molecular flexibility index (Phi) is 18.1. The fourth-order valence-electron chi connectivity index (χ4n) is 6.94. The van der Waals surface area contributed by atoms with Gasteiger partial charge in [-0.3, -0.25) is 24.0 Å². The number of nitrogens with two attached hydrogens (primary N) is 1. The molecule has 9 nitrogen and oxygen atoms in total. The van der Waals surface area contributed by atoms with Crippen molar-refractivity contribution >= 4 is 29.3 Å². The fraction of sp³-hybridized carbons (Fsp3) is 0.585. The van der Waals surface area contributed by atoms with Crippen LogP contribution in [0.3, 0.4) is 0 Å². The van der Waals surface area contributed by atoms with Crippen molar-refractivity contribution in [3.63, 3.8) is 0 Å². The number of Topliss-reactive ketones (excluding diaryl/α,β-unsaturated/α-hetero) is 2. The van der Waals surface area contributed by atoms with Crippen LogP contribution in [0, 0.1) is 30.4 Å². The van der Waals surface area contributed by atoms with E-state index in [2.05, 4.69) is 5.32 Å². The van der Waals surface area contributed by atoms with Crippen molar-refractivity contribution in [3.05, 3.63) is 70.3 Å². The summed E-state index contributed by atoms with van der Waals surface area (Å²) in [6, 6.07) is 8.04. The number of hydrogen-bond acceptors (Lipinski definition) is 6. The third-order valence-corrected chi connectivity index (χ3v) is 9.75. The molecule has 2 aromatic rings. The van der Waals surface area contributed by atoms with E-state index in [1.807, 2.05) is 18.7 Å². The van der Waals surface area contributed by atoms with E-state index >= 15 is 0 Å². The molecule has 1 aliphatic heterocycles. The summed E-state index contributed by atoms with van der Waals surface area (Å²) in [5.74, 6) is -2.92. The maximum atomic E-state index is 14.1. The SMILES string of the molecule is CCCN(CCC)C(=O)c1cc(C)cc(C(=O)C[C@@H](Cc2cc(F)cc(F)c2)C(=O)CCNC(=O)CCC2CCN(C(=O)CCCCCN)CC2)c1. The molecule has 0 aromatic heterocycles. The Morgan fingerprint density at radius 3 is 2.15 bits per heavy atom. The Labute approximate surface area is 308 Å². The van der Waals surface area contributed by atoms with Crippen LogP contribution in [0.4, 0.5) is 8.78 Å². The zero-order valence-corrected chi connectivity index (χ0v) is 31.3. The van der Waals surface area contributed by atoms with Gasteiger partial charge in [0.1, 0.15) is 17.4 Å². The first-order valence-electron chi connectivity index (χ1n) is 19.1. The number of unbranched alkanes of at least 4 members (excludes halogenated alkanes) is 2. The molecule has 2 aromatic carbocycles. The van der Waals surface area contributed by atoms with E-state index in [1.165, 1.54) is 0 Å². The minimum atomic E-state index is -0.893. The Balaban J connectivity index is 1.58. The van der Waals surface area contributed by atoms with E-state index in [9.17, 15) is 32.8 Å². The van der Waals surface area contributed by atoms with Crippen molar-refractivity contribution in [1.29, 1.82) is 0 Å². The quantitative estimate of drug-likeness (QED) is 0.104. The normalized spacial score (nSPS) is 13.8. The first kappa shape index (κ1) is 42.4. The summed E-state index contributed by atoms with van der Waals surface area (Å²) >= 11 is 0. The second-order valence-corrected chi connectivity index (χ2v) is 14.2. The largest absolute Gasteiger partial charge is 0.356 e. The molecule has 1 atom stereocenters. The second-order valence-electron chi connectivity index (χ2n) is 14.2. The maximum Gasteiger partial charge on any atom is 0.253 e. The molecule has 0 aliphatic carbocycles. The lowest BCUT2D eigenvalue weighted by atomic mass is 9.87. The Bertz CT molecular complexity index is 1480. The molecular weight excluding hydrogens is 666 g/mol. The van der Waals surface area contributed by atoms with Crippen LogP contribution in [-0.2, 0) is 20.8 Å². The van der Waals surface area contributed by atoms with Crippen molar-refractivity contribution in [3.8, 4) is 0 Å². The van der Waals surface area contributed by atoms with Gasteiger partial charge >= 0.3 is 0 Å². The van der Waals surface area contributed by atoms with Crippen LogP contribution in [0.2, 0.25) is 0 Å². The van der Waals surface area contributed by atoms with Crippen LogP contribution in [0.1, 0.15) is 123 Å². The molecule has 1 heterocycles. The van der Waals surface area contributed by atoms with Crippen LogP contribution in [0.15, 0.2) is 36.4 Å². The van der Waals surface area contributed by atoms with Gasteiger partial charge in [-0.05, 0) is 112 Å². The van der Waals surface area contributed by atoms with Gasteiger partial charge in [0.05, 0.1) is 0 Å². The van der Waals surface area contributed by atoms with Crippen molar-refractivity contribution in [2.45, 2.75) is 104 Å². The highest BCUT2D eigenvalue weighted by molar-refractivity contribution is 6.02. The van der Waals surface area contributed by atoms with Crippen molar-refractivity contribution in [2.24, 2.45) is 17.6 Å². The summed E-state index contributed by atoms with van der Waals surface area (Å²) in [5, 5.41) is 2.81. The van der Waals surface area contributed by atoms with Gasteiger partial charge in [0.25, 0.3) is 5.91 Å². The molecule has 1 aliphatic rings. The lowest BCUT2D eigenvalue weighted by Gasteiger charge is -2.32. The first-order valence-corrected chi connectivity index (χ1v) is 19.1. The van der Waals surface area contributed by atoms with E-state index < -0.39 is 17.6 Å². The average molecular weight is 725 g/mol. The zero-order valence-electron chi connectivity index (χ0n) is 31.3. The van der Waals surface area contributed by atoms with Gasteiger partial charge in [-0.25, -0.2) is 8.78 Å². The zero-order chi connectivity index (χ0) is 38.0. The molecular formula is C41H58F2N4O5. The molecule has 3 N–H and O–H groups in total. The van der Waals surface area contributed by atoms with E-state index in [0.29, 0.717) is 69.0 Å². The molecule has 0 saturated carbocycles. The van der Waals surface area contributed by atoms with Gasteiger partial charge in [0.15, 0.2) is 5.78 Å². The molecule has 286 valence electrons. The molecule has 3 rings (SSSR count). The topological polar surface area (TPSA) is 130 Å². The minimum Gasteiger partial charge on any atom is -0.356 e. The molecule has 3 amide bonds. The standard InChI is InChI=1S/C41H58F2N4O5/c1-4-17-47(18-5-2)41(52)34-22-29(3)21-32(26-34)38(49)27-33(23-31-24-35(42)28-36(43)25-31)37(48)12-16-45-39(50)11-10-30-13-19-46(20-14-30)40(51)9-7-6-8-15-44/h21-22,24-26,28,30,33H,4-20,23,27,44H2,1-3H3,(H,45,50)/t33-/m1/s1. The van der Waals surface area contributed by atoms with E-state index in [4.69, 9.17) is 5.73 Å². The smallest absolute Gasteiger partial charge is 0.253 e. The number of halogens is 2. The van der Waals surface area contributed by atoms with Gasteiger partial charge < -0.3 is 20.9 Å². The highest BCUT2D eigenvalue weighted by Crippen LogP contribution is 2.24. The maximum absolute atomic E-state index is 14.1. The number of carbonyl (C=O) groups is 5. The number of hydrogen-bond donors (Lipinski definition) is 2. The Hall–Kier alpha value is -3.99. The van der Waals surface area contributed by atoms with Crippen molar-refractivity contribution in [1.82, 2.24) is 15.1 Å². The average Bonchev–Trinajstić information content (AvgIpc) is 3.11. The Morgan fingerprint density at radius 1 is 0.865 bits per heavy atom. The summed E-state index contributed by atoms with van der Waals surface area (Å²) in [5.41, 5.74) is 7.20. The number of nitrogens with one attached hydrogen (secondary N) is 1. The van der Waals surface area contributed by atoms with Crippen LogP contribution in [-0.4, -0.2) is 78.4 Å². The van der Waals surface area contributed by atoms with E-state index in [0.717, 1.165) is 68.7 Å². The van der Waals surface area contributed by atoms with Crippen LogP contribution in [0.5, 0.6) is 0 Å². The molecule has 1 fully saturated rings. The molecule has 52 heavy (non-hydrogen) atoms. The predicted molar refractivity (Wildman–Crippen MR) is 199 cm³/mol. The molecule has 11 heteroatoms. The third kappa shape index (κ3) is 14.2. The fourth-order valence-corrected chi connectivity index (χ4v) is 6.94. The highest BCUT2D eigenvalue weighted by Gasteiger charge is 2.26. The highest BCUT2D eigenvalue weighted by atomic mass is 19.1. The molecule has 0 radical (unpaired) electrons. The number of nitrogens with zero attached hydrogens (tertiary/aromatic N) is 2. The third-order valence-electron chi connectivity index (χ3n) is 9.75. The molecule has 1 saturated heterocycles. The van der Waals surface area contributed by atoms with Crippen LogP contribution >= 0.6 is 0 Å². The van der Waals surface area contributed by atoms with E-state index in [1.54, 1.807) is 30.0 Å². The van der Waals surface area contributed by atoms with Crippen LogP contribution in [0.25, 0.3) is 0 Å². The second kappa shape index (κ2) is 22.2. The Morgan fingerprint density at radius 2 is 1.52 bits per heavy atom. The van der Waals surface area contributed by atoms with E-state index in [-0.39, 0.29) is 60.7 Å². The number of likely N-dealkylation sites (tertiary alicyclic amines) is 1. The molecule has 0 spiro atoms. The van der Waals surface area contributed by atoms with Gasteiger partial charge in [-0.1, -0.05) is 20.3 Å². The summed E-state index contributed by atoms with van der Waals surface area (Å²) in [6.45, 7) is 9.10. The number of ketones is 2. The molecule has 0 unspecified atom stereocenters. The van der Waals surface area contributed by atoms with Crippen LogP contribution < -0.4 is 11.1 Å². The first-order chi connectivity index (χ1) is 24.9. The number of rotatable bonds is 22. The van der Waals surface area contributed by atoms with Gasteiger partial charge in [0.2, 0.25) is 11.8 Å². The van der Waals surface area contributed by atoms with Gasteiger partial charge in [0, 0.05) is 81.5 Å². The summed E-state index contributed by atoms with van der Waals surface area (Å²) < 4.78 is 28.1. The molecule has 0 bridgehead atoms. The minimum absolute atomic E-state index is 0.0478. The monoisotopic (exact) mass is 724 g/mol. The predicted octanol–water partition coefficient (Wildman–Crippen LogP) is 6.58. The summed E-state index contributed by atoms with van der Waals surface area (Å²) in [7, 11) is 0. The van der Waals surface area contributed by atoms with Crippen molar-refractivity contribution in [2.75, 3.05) is 39.3 Å². The summed E-state index contributed by atoms with van der Waals surface area (Å²) in [6.07, 6.45) is 7.26.